The maximum absolute atomic E-state index is 3.75. The van der Waals surface area contributed by atoms with Crippen molar-refractivity contribution < 1.29 is 0 Å². The van der Waals surface area contributed by atoms with E-state index >= 15 is 0 Å². The summed E-state index contributed by atoms with van der Waals surface area (Å²) in [7, 11) is 0. The fourth-order valence-electron chi connectivity index (χ4n) is 3.45. The Hall–Kier alpha value is -0.0800. The Morgan fingerprint density at radius 2 is 1.94 bits per heavy atom. The van der Waals surface area contributed by atoms with Gasteiger partial charge in [0.25, 0.3) is 0 Å². The average Bonchev–Trinajstić information content (AvgIpc) is 2.20. The summed E-state index contributed by atoms with van der Waals surface area (Å²) in [5, 5.41) is 3.75. The summed E-state index contributed by atoms with van der Waals surface area (Å²) in [6.45, 7) is 9.98. The molecule has 0 spiro atoms. The van der Waals surface area contributed by atoms with Gasteiger partial charge in [0, 0.05) is 19.1 Å². The van der Waals surface area contributed by atoms with E-state index in [9.17, 15) is 0 Å². The molecule has 1 N–H and O–H groups in total. The molecule has 0 aromatic carbocycles. The first kappa shape index (κ1) is 13.4. The highest BCUT2D eigenvalue weighted by Crippen LogP contribution is 2.28. The zero-order chi connectivity index (χ0) is 12.1. The van der Waals surface area contributed by atoms with E-state index in [2.05, 4.69) is 24.1 Å². The number of hydrogen-bond donors (Lipinski definition) is 1. The van der Waals surface area contributed by atoms with E-state index in [1.807, 2.05) is 0 Å². The summed E-state index contributed by atoms with van der Waals surface area (Å²) < 4.78 is 0. The minimum absolute atomic E-state index is 0.542. The zero-order valence-electron chi connectivity index (χ0n) is 11.8. The average molecular weight is 238 g/mol. The van der Waals surface area contributed by atoms with Crippen LogP contribution in [-0.2, 0) is 0 Å². The largest absolute Gasteiger partial charge is 0.313 e. The number of piperidine rings is 1. The monoisotopic (exact) mass is 238 g/mol. The van der Waals surface area contributed by atoms with Crippen molar-refractivity contribution in [2.75, 3.05) is 26.2 Å². The Kier molecular flexibility index (Phi) is 4.87. The van der Waals surface area contributed by atoms with Crippen LogP contribution in [0.2, 0.25) is 0 Å². The summed E-state index contributed by atoms with van der Waals surface area (Å²) in [4.78, 5) is 2.70. The molecular formula is C15H30N2. The quantitative estimate of drug-likeness (QED) is 0.795. The third-order valence-corrected chi connectivity index (χ3v) is 4.37. The molecule has 17 heavy (non-hydrogen) atoms. The first-order valence-corrected chi connectivity index (χ1v) is 7.61. The fourth-order valence-corrected chi connectivity index (χ4v) is 3.45. The van der Waals surface area contributed by atoms with Gasteiger partial charge in [0.1, 0.15) is 0 Å². The zero-order valence-corrected chi connectivity index (χ0v) is 11.8. The molecule has 1 atom stereocenters. The molecule has 0 aromatic heterocycles. The van der Waals surface area contributed by atoms with Crippen molar-refractivity contribution in [1.82, 2.24) is 10.2 Å². The topological polar surface area (TPSA) is 15.3 Å². The Balaban J connectivity index is 1.78. The Morgan fingerprint density at radius 1 is 1.12 bits per heavy atom. The molecule has 2 aliphatic heterocycles. The smallest absolute Gasteiger partial charge is 0.0195 e. The van der Waals surface area contributed by atoms with E-state index in [0.717, 1.165) is 6.04 Å². The van der Waals surface area contributed by atoms with Crippen LogP contribution in [0.5, 0.6) is 0 Å². The van der Waals surface area contributed by atoms with Crippen molar-refractivity contribution in [3.05, 3.63) is 0 Å². The van der Waals surface area contributed by atoms with Crippen molar-refractivity contribution >= 4 is 0 Å². The SMILES string of the molecule is CC1(C)CCCN(CC2CCCCCCN2)C1. The predicted molar refractivity (Wildman–Crippen MR) is 74.3 cm³/mol. The van der Waals surface area contributed by atoms with Crippen LogP contribution in [0.4, 0.5) is 0 Å². The molecule has 2 saturated heterocycles. The van der Waals surface area contributed by atoms with Crippen molar-refractivity contribution in [3.63, 3.8) is 0 Å². The number of likely N-dealkylation sites (tertiary alicyclic amines) is 1. The van der Waals surface area contributed by atoms with Crippen LogP contribution < -0.4 is 5.32 Å². The van der Waals surface area contributed by atoms with Crippen LogP contribution in [0.3, 0.4) is 0 Å². The normalized spacial score (nSPS) is 31.8. The first-order valence-electron chi connectivity index (χ1n) is 7.61. The molecule has 0 saturated carbocycles. The van der Waals surface area contributed by atoms with Crippen LogP contribution >= 0.6 is 0 Å². The highest BCUT2D eigenvalue weighted by molar-refractivity contribution is 4.83. The maximum Gasteiger partial charge on any atom is 0.0195 e. The lowest BCUT2D eigenvalue weighted by Gasteiger charge is -2.40. The van der Waals surface area contributed by atoms with E-state index in [-0.39, 0.29) is 0 Å². The van der Waals surface area contributed by atoms with Crippen LogP contribution in [-0.4, -0.2) is 37.1 Å². The molecule has 2 nitrogen and oxygen atoms in total. The lowest BCUT2D eigenvalue weighted by Crippen LogP contribution is -2.47. The third kappa shape index (κ3) is 4.59. The van der Waals surface area contributed by atoms with Gasteiger partial charge < -0.3 is 10.2 Å². The van der Waals surface area contributed by atoms with Crippen LogP contribution in [0.15, 0.2) is 0 Å². The third-order valence-electron chi connectivity index (χ3n) is 4.37. The molecule has 0 bridgehead atoms. The highest BCUT2D eigenvalue weighted by Gasteiger charge is 2.27. The molecule has 0 amide bonds. The molecule has 0 radical (unpaired) electrons. The molecule has 2 aliphatic rings. The Bertz CT molecular complexity index is 217. The lowest BCUT2D eigenvalue weighted by molar-refractivity contribution is 0.105. The molecular weight excluding hydrogens is 208 g/mol. The number of rotatable bonds is 2. The van der Waals surface area contributed by atoms with E-state index in [1.165, 1.54) is 71.1 Å². The van der Waals surface area contributed by atoms with Gasteiger partial charge in [-0.05, 0) is 44.2 Å². The first-order chi connectivity index (χ1) is 8.16. The molecule has 0 aromatic rings. The minimum atomic E-state index is 0.542. The molecule has 2 rings (SSSR count). The van der Waals surface area contributed by atoms with Crippen molar-refractivity contribution in [2.45, 2.75) is 64.8 Å². The predicted octanol–water partition coefficient (Wildman–Crippen LogP) is 3.03. The summed E-state index contributed by atoms with van der Waals surface area (Å²) in [6, 6.07) is 0.754. The van der Waals surface area contributed by atoms with E-state index < -0.39 is 0 Å². The Morgan fingerprint density at radius 3 is 2.76 bits per heavy atom. The van der Waals surface area contributed by atoms with Crippen molar-refractivity contribution in [3.8, 4) is 0 Å². The van der Waals surface area contributed by atoms with Gasteiger partial charge in [-0.1, -0.05) is 33.1 Å². The molecule has 0 aliphatic carbocycles. The van der Waals surface area contributed by atoms with Gasteiger partial charge in [0.05, 0.1) is 0 Å². The van der Waals surface area contributed by atoms with Gasteiger partial charge in [-0.25, -0.2) is 0 Å². The second-order valence-corrected chi connectivity index (χ2v) is 6.86. The minimum Gasteiger partial charge on any atom is -0.313 e. The van der Waals surface area contributed by atoms with E-state index in [1.54, 1.807) is 0 Å². The van der Waals surface area contributed by atoms with E-state index in [4.69, 9.17) is 0 Å². The maximum atomic E-state index is 3.75. The number of nitrogens with one attached hydrogen (secondary N) is 1. The van der Waals surface area contributed by atoms with Crippen LogP contribution in [0.25, 0.3) is 0 Å². The van der Waals surface area contributed by atoms with Gasteiger partial charge >= 0.3 is 0 Å². The second-order valence-electron chi connectivity index (χ2n) is 6.86. The van der Waals surface area contributed by atoms with Crippen LogP contribution in [0, 0.1) is 5.41 Å². The van der Waals surface area contributed by atoms with Gasteiger partial charge in [-0.15, -0.1) is 0 Å². The van der Waals surface area contributed by atoms with E-state index in [0.29, 0.717) is 5.41 Å². The van der Waals surface area contributed by atoms with Gasteiger partial charge in [-0.3, -0.25) is 0 Å². The molecule has 1 unspecified atom stereocenters. The summed E-state index contributed by atoms with van der Waals surface area (Å²) in [6.07, 6.45) is 9.86. The van der Waals surface area contributed by atoms with Gasteiger partial charge in [-0.2, -0.15) is 0 Å². The molecule has 2 heteroatoms. The van der Waals surface area contributed by atoms with Crippen LogP contribution in [0.1, 0.15) is 58.8 Å². The van der Waals surface area contributed by atoms with Gasteiger partial charge in [0.15, 0.2) is 0 Å². The van der Waals surface area contributed by atoms with Crippen molar-refractivity contribution in [1.29, 1.82) is 0 Å². The Labute approximate surface area is 107 Å². The fraction of sp³-hybridized carbons (Fsp3) is 1.00. The standard InChI is InChI=1S/C15H30N2/c1-15(2)9-7-11-17(13-15)12-14-8-5-3-4-6-10-16-14/h14,16H,3-13H2,1-2H3. The second kappa shape index (κ2) is 6.19. The number of nitrogens with zero attached hydrogens (tertiary/aromatic N) is 1. The summed E-state index contributed by atoms with van der Waals surface area (Å²) in [5.41, 5.74) is 0.542. The summed E-state index contributed by atoms with van der Waals surface area (Å²) in [5.74, 6) is 0. The molecule has 2 heterocycles. The summed E-state index contributed by atoms with van der Waals surface area (Å²) >= 11 is 0. The highest BCUT2D eigenvalue weighted by atomic mass is 15.2. The molecule has 100 valence electrons. The molecule has 2 fully saturated rings. The van der Waals surface area contributed by atoms with Gasteiger partial charge in [0.2, 0.25) is 0 Å². The van der Waals surface area contributed by atoms with Crippen molar-refractivity contribution in [2.24, 2.45) is 5.41 Å². The lowest BCUT2D eigenvalue weighted by atomic mass is 9.84. The number of hydrogen-bond acceptors (Lipinski definition) is 2.